The third-order valence-corrected chi connectivity index (χ3v) is 6.57. The summed E-state index contributed by atoms with van der Waals surface area (Å²) < 4.78 is 17.4. The molecule has 0 aromatic heterocycles. The number of ether oxygens (including phenoxy) is 1. The Bertz CT molecular complexity index is 1010. The molecule has 0 fully saturated rings. The summed E-state index contributed by atoms with van der Waals surface area (Å²) >= 11 is 0. The number of alkyl halides is 1. The normalized spacial score (nSPS) is 19.2. The zero-order valence-corrected chi connectivity index (χ0v) is 18.0. The molecule has 2 aliphatic heterocycles. The molecule has 1 amide bonds. The van der Waals surface area contributed by atoms with E-state index in [-0.39, 0.29) is 18.4 Å². The second-order valence-corrected chi connectivity index (χ2v) is 8.44. The van der Waals surface area contributed by atoms with Gasteiger partial charge in [-0.05, 0) is 47.2 Å². The van der Waals surface area contributed by atoms with Gasteiger partial charge in [0.15, 0.2) is 0 Å². The molecular formula is C27H27FN2O2. The van der Waals surface area contributed by atoms with Gasteiger partial charge < -0.3 is 9.64 Å². The summed E-state index contributed by atoms with van der Waals surface area (Å²) in [5, 5.41) is 2.84. The van der Waals surface area contributed by atoms with E-state index in [0.29, 0.717) is 5.69 Å². The van der Waals surface area contributed by atoms with Crippen LogP contribution in [0.4, 0.5) is 20.6 Å². The summed E-state index contributed by atoms with van der Waals surface area (Å²) in [5.41, 5.74) is 7.05. The Morgan fingerprint density at radius 2 is 1.44 bits per heavy atom. The van der Waals surface area contributed by atoms with Gasteiger partial charge in [0.05, 0.1) is 0 Å². The number of carbonyl (C=O) groups is 1. The molecule has 4 nitrogen and oxygen atoms in total. The van der Waals surface area contributed by atoms with Gasteiger partial charge in [0, 0.05) is 36.3 Å². The van der Waals surface area contributed by atoms with Crippen molar-refractivity contribution in [3.8, 4) is 0 Å². The summed E-state index contributed by atoms with van der Waals surface area (Å²) in [5.74, 6) is 0.527. The largest absolute Gasteiger partial charge is 0.447 e. The predicted octanol–water partition coefficient (Wildman–Crippen LogP) is 6.08. The van der Waals surface area contributed by atoms with Crippen LogP contribution in [0.5, 0.6) is 0 Å². The number of nitrogens with zero attached hydrogens (tertiary/aromatic N) is 1. The Morgan fingerprint density at radius 1 is 0.906 bits per heavy atom. The van der Waals surface area contributed by atoms with Crippen molar-refractivity contribution in [3.05, 3.63) is 95.1 Å². The van der Waals surface area contributed by atoms with Crippen molar-refractivity contribution in [2.45, 2.75) is 24.7 Å². The fourth-order valence-electron chi connectivity index (χ4n) is 5.21. The smallest absolute Gasteiger partial charge is 0.411 e. The van der Waals surface area contributed by atoms with E-state index in [1.807, 2.05) is 12.1 Å². The molecule has 2 aliphatic rings. The summed E-state index contributed by atoms with van der Waals surface area (Å²) in [6.45, 7) is 1.11. The maximum Gasteiger partial charge on any atom is 0.411 e. The molecule has 0 saturated heterocycles. The van der Waals surface area contributed by atoms with E-state index < -0.39 is 12.8 Å². The summed E-state index contributed by atoms with van der Waals surface area (Å²) in [6, 6.07) is 25.3. The van der Waals surface area contributed by atoms with Crippen LogP contribution in [0.3, 0.4) is 0 Å². The first-order valence-corrected chi connectivity index (χ1v) is 11.3. The van der Waals surface area contributed by atoms with Crippen LogP contribution < -0.4 is 10.2 Å². The van der Waals surface area contributed by atoms with E-state index in [1.165, 1.54) is 27.9 Å². The fourth-order valence-corrected chi connectivity index (χ4v) is 5.21. The number of anilines is 2. The Balaban J connectivity index is 1.62. The first-order valence-electron chi connectivity index (χ1n) is 11.3. The van der Waals surface area contributed by atoms with E-state index in [4.69, 9.17) is 4.74 Å². The van der Waals surface area contributed by atoms with Crippen LogP contribution in [0.25, 0.3) is 0 Å². The topological polar surface area (TPSA) is 41.6 Å². The predicted molar refractivity (Wildman–Crippen MR) is 125 cm³/mol. The van der Waals surface area contributed by atoms with Gasteiger partial charge in [-0.1, -0.05) is 60.7 Å². The molecule has 164 valence electrons. The molecule has 0 saturated carbocycles. The van der Waals surface area contributed by atoms with Crippen molar-refractivity contribution in [2.75, 3.05) is 36.6 Å². The van der Waals surface area contributed by atoms with E-state index in [2.05, 4.69) is 70.9 Å². The highest BCUT2D eigenvalue weighted by molar-refractivity contribution is 5.86. The second kappa shape index (κ2) is 9.03. The van der Waals surface area contributed by atoms with E-state index in [1.54, 1.807) is 0 Å². The molecule has 0 bridgehead atoms. The molecule has 3 aromatic carbocycles. The van der Waals surface area contributed by atoms with Crippen molar-refractivity contribution < 1.29 is 13.9 Å². The highest BCUT2D eigenvalue weighted by atomic mass is 19.1. The molecule has 5 rings (SSSR count). The minimum atomic E-state index is -0.690. The lowest BCUT2D eigenvalue weighted by molar-refractivity contribution is 0.152. The lowest BCUT2D eigenvalue weighted by Crippen LogP contribution is -2.37. The van der Waals surface area contributed by atoms with Gasteiger partial charge in [-0.15, -0.1) is 0 Å². The molecule has 2 atom stereocenters. The second-order valence-electron chi connectivity index (χ2n) is 8.44. The third-order valence-electron chi connectivity index (χ3n) is 6.57. The zero-order chi connectivity index (χ0) is 21.9. The monoisotopic (exact) mass is 430 g/mol. The number of nitrogens with one attached hydrogen (secondary N) is 1. The maximum absolute atomic E-state index is 12.5. The number of hydrogen-bond donors (Lipinski definition) is 1. The van der Waals surface area contributed by atoms with Crippen molar-refractivity contribution in [1.29, 1.82) is 0 Å². The summed E-state index contributed by atoms with van der Waals surface area (Å²) in [6.07, 6.45) is 1.44. The number of rotatable bonds is 5. The van der Waals surface area contributed by atoms with Gasteiger partial charge in [-0.3, -0.25) is 5.32 Å². The van der Waals surface area contributed by atoms with Crippen LogP contribution in [0.2, 0.25) is 0 Å². The van der Waals surface area contributed by atoms with Gasteiger partial charge in [0.1, 0.15) is 13.3 Å². The highest BCUT2D eigenvalue weighted by Crippen LogP contribution is 2.49. The van der Waals surface area contributed by atoms with E-state index >= 15 is 0 Å². The van der Waals surface area contributed by atoms with Gasteiger partial charge in [-0.25, -0.2) is 9.18 Å². The number of benzene rings is 3. The Kier molecular flexibility index (Phi) is 5.80. The van der Waals surface area contributed by atoms with Gasteiger partial charge in [0.2, 0.25) is 0 Å². The average molecular weight is 431 g/mol. The van der Waals surface area contributed by atoms with Crippen molar-refractivity contribution >= 4 is 17.5 Å². The number of carbonyl (C=O) groups excluding carboxylic acids is 1. The van der Waals surface area contributed by atoms with Crippen LogP contribution in [0.1, 0.15) is 46.9 Å². The first-order chi connectivity index (χ1) is 15.7. The van der Waals surface area contributed by atoms with Crippen molar-refractivity contribution in [1.82, 2.24) is 0 Å². The van der Waals surface area contributed by atoms with Crippen LogP contribution in [0, 0.1) is 0 Å². The quantitative estimate of drug-likeness (QED) is 0.533. The number of halogens is 1. The third kappa shape index (κ3) is 3.95. The van der Waals surface area contributed by atoms with Crippen molar-refractivity contribution in [2.24, 2.45) is 0 Å². The highest BCUT2D eigenvalue weighted by Gasteiger charge is 2.35. The first kappa shape index (κ1) is 20.6. The van der Waals surface area contributed by atoms with E-state index in [0.717, 1.165) is 25.9 Å². The fraction of sp³-hybridized carbons (Fsp3) is 0.296. The van der Waals surface area contributed by atoms with Gasteiger partial charge in [-0.2, -0.15) is 0 Å². The summed E-state index contributed by atoms with van der Waals surface area (Å²) in [4.78, 5) is 14.7. The Labute approximate surface area is 188 Å². The molecular weight excluding hydrogens is 403 g/mol. The molecule has 32 heavy (non-hydrogen) atoms. The standard InChI is InChI=1S/C27H27FN2O2/c28-13-16-32-27(31)29-21-17-24-22(19-7-3-1-4-8-19)11-14-30-15-12-23(25(18-21)26(24)30)20-9-5-2-6-10-20/h1-10,17-18,22-23H,11-16H2,(H,29,31). The lowest BCUT2D eigenvalue weighted by Gasteiger charge is -2.43. The summed E-state index contributed by atoms with van der Waals surface area (Å²) in [7, 11) is 0. The SMILES string of the molecule is O=C(Nc1cc2c3c(c1)C(c1ccccc1)CCN3CCC2c1ccccc1)OCCF. The Morgan fingerprint density at radius 3 is 1.94 bits per heavy atom. The molecule has 1 N–H and O–H groups in total. The number of amides is 1. The van der Waals surface area contributed by atoms with Crippen LogP contribution in [-0.2, 0) is 4.74 Å². The minimum Gasteiger partial charge on any atom is -0.447 e. The molecule has 3 aromatic rings. The van der Waals surface area contributed by atoms with Crippen molar-refractivity contribution in [3.63, 3.8) is 0 Å². The minimum absolute atomic E-state index is 0.239. The van der Waals surface area contributed by atoms with Gasteiger partial charge in [0.25, 0.3) is 0 Å². The Hall–Kier alpha value is -3.34. The average Bonchev–Trinajstić information content (AvgIpc) is 2.84. The molecule has 0 aliphatic carbocycles. The van der Waals surface area contributed by atoms with Crippen LogP contribution in [-0.4, -0.2) is 32.5 Å². The maximum atomic E-state index is 12.5. The number of hydrogen-bond acceptors (Lipinski definition) is 3. The van der Waals surface area contributed by atoms with Crippen LogP contribution >= 0.6 is 0 Å². The molecule has 2 heterocycles. The van der Waals surface area contributed by atoms with Crippen LogP contribution in [0.15, 0.2) is 72.8 Å². The molecule has 0 spiro atoms. The molecule has 0 radical (unpaired) electrons. The molecule has 5 heteroatoms. The van der Waals surface area contributed by atoms with Gasteiger partial charge >= 0.3 is 6.09 Å². The van der Waals surface area contributed by atoms with E-state index in [9.17, 15) is 9.18 Å². The zero-order valence-electron chi connectivity index (χ0n) is 18.0. The lowest BCUT2D eigenvalue weighted by atomic mass is 9.76. The molecule has 2 unspecified atom stereocenters.